The number of morpholine rings is 1. The fourth-order valence-corrected chi connectivity index (χ4v) is 2.25. The fourth-order valence-electron chi connectivity index (χ4n) is 2.25. The Hall–Kier alpha value is -1.37. The van der Waals surface area contributed by atoms with E-state index in [1.54, 1.807) is 19.1 Å². The van der Waals surface area contributed by atoms with Crippen LogP contribution in [0.2, 0.25) is 0 Å². The van der Waals surface area contributed by atoms with Crippen molar-refractivity contribution in [3.8, 4) is 5.75 Å². The zero-order valence-corrected chi connectivity index (χ0v) is 13.5. The van der Waals surface area contributed by atoms with E-state index in [0.29, 0.717) is 25.3 Å². The van der Waals surface area contributed by atoms with E-state index in [1.165, 1.54) is 6.07 Å². The summed E-state index contributed by atoms with van der Waals surface area (Å²) < 4.78 is 24.3. The molecule has 0 aliphatic carbocycles. The van der Waals surface area contributed by atoms with Gasteiger partial charge in [0.1, 0.15) is 6.04 Å². The van der Waals surface area contributed by atoms with Crippen molar-refractivity contribution < 1.29 is 18.7 Å². The highest BCUT2D eigenvalue weighted by Crippen LogP contribution is 2.18. The van der Waals surface area contributed by atoms with Crippen LogP contribution in [-0.2, 0) is 16.1 Å². The maximum atomic E-state index is 13.7. The highest BCUT2D eigenvalue weighted by atomic mass is 35.5. The number of hydrogen-bond donors (Lipinski definition) is 2. The first kappa shape index (κ1) is 18.7. The standard InChI is InChI=1S/C15H21FN2O3.ClH/c1-3-20-13-5-4-11(8-12(13)16)9-18-15(19)14-10(2)21-7-6-17-14;/h4-5,8,10,14,17H,3,6-7,9H2,1-2H3,(H,18,19);1H/t10-,14+;/m1./s1. The summed E-state index contributed by atoms with van der Waals surface area (Å²) in [6.45, 7) is 5.60. The van der Waals surface area contributed by atoms with E-state index < -0.39 is 5.82 Å². The lowest BCUT2D eigenvalue weighted by atomic mass is 10.1. The molecule has 5 nitrogen and oxygen atoms in total. The molecule has 1 amide bonds. The molecule has 1 heterocycles. The van der Waals surface area contributed by atoms with Crippen molar-refractivity contribution in [2.24, 2.45) is 0 Å². The first-order chi connectivity index (χ1) is 10.1. The summed E-state index contributed by atoms with van der Waals surface area (Å²) in [5, 5.41) is 5.90. The third-order valence-electron chi connectivity index (χ3n) is 3.36. The Morgan fingerprint density at radius 1 is 1.55 bits per heavy atom. The van der Waals surface area contributed by atoms with Crippen molar-refractivity contribution in [1.82, 2.24) is 10.6 Å². The first-order valence-corrected chi connectivity index (χ1v) is 7.15. The quantitative estimate of drug-likeness (QED) is 0.860. The zero-order valence-electron chi connectivity index (χ0n) is 12.7. The number of rotatable bonds is 5. The van der Waals surface area contributed by atoms with Crippen LogP contribution in [0, 0.1) is 5.82 Å². The minimum atomic E-state index is -0.420. The smallest absolute Gasteiger partial charge is 0.240 e. The minimum absolute atomic E-state index is 0. The summed E-state index contributed by atoms with van der Waals surface area (Å²) in [5.41, 5.74) is 0.689. The van der Waals surface area contributed by atoms with Gasteiger partial charge in [-0.25, -0.2) is 4.39 Å². The van der Waals surface area contributed by atoms with Gasteiger partial charge >= 0.3 is 0 Å². The lowest BCUT2D eigenvalue weighted by molar-refractivity contribution is -0.129. The van der Waals surface area contributed by atoms with Crippen LogP contribution in [0.1, 0.15) is 19.4 Å². The molecular formula is C15H22ClFN2O3. The molecule has 1 aromatic carbocycles. The molecule has 1 saturated heterocycles. The first-order valence-electron chi connectivity index (χ1n) is 7.15. The van der Waals surface area contributed by atoms with Gasteiger partial charge in [-0.05, 0) is 31.5 Å². The van der Waals surface area contributed by atoms with Crippen molar-refractivity contribution >= 4 is 18.3 Å². The topological polar surface area (TPSA) is 59.6 Å². The van der Waals surface area contributed by atoms with Crippen LogP contribution in [0.25, 0.3) is 0 Å². The third-order valence-corrected chi connectivity index (χ3v) is 3.36. The molecule has 1 aliphatic heterocycles. The molecule has 7 heteroatoms. The Kier molecular flexibility index (Phi) is 7.58. The van der Waals surface area contributed by atoms with E-state index >= 15 is 0 Å². The summed E-state index contributed by atoms with van der Waals surface area (Å²) in [6, 6.07) is 4.32. The fraction of sp³-hybridized carbons (Fsp3) is 0.533. The van der Waals surface area contributed by atoms with Crippen LogP contribution in [0.5, 0.6) is 5.75 Å². The van der Waals surface area contributed by atoms with Crippen molar-refractivity contribution in [3.05, 3.63) is 29.6 Å². The molecule has 1 aromatic rings. The van der Waals surface area contributed by atoms with E-state index in [9.17, 15) is 9.18 Å². The number of carbonyl (C=O) groups excluding carboxylic acids is 1. The molecule has 0 bridgehead atoms. The van der Waals surface area contributed by atoms with Gasteiger partial charge in [-0.2, -0.15) is 0 Å². The molecule has 2 atom stereocenters. The van der Waals surface area contributed by atoms with Gasteiger partial charge in [0.15, 0.2) is 11.6 Å². The molecule has 1 aliphatic rings. The van der Waals surface area contributed by atoms with E-state index in [4.69, 9.17) is 9.47 Å². The molecule has 0 unspecified atom stereocenters. The van der Waals surface area contributed by atoms with Gasteiger partial charge in [0, 0.05) is 13.1 Å². The van der Waals surface area contributed by atoms with Crippen molar-refractivity contribution in [1.29, 1.82) is 0 Å². The lowest BCUT2D eigenvalue weighted by Crippen LogP contribution is -2.55. The Morgan fingerprint density at radius 2 is 2.32 bits per heavy atom. The van der Waals surface area contributed by atoms with Crippen LogP contribution in [0.15, 0.2) is 18.2 Å². The lowest BCUT2D eigenvalue weighted by Gasteiger charge is -2.29. The molecule has 22 heavy (non-hydrogen) atoms. The van der Waals surface area contributed by atoms with E-state index in [1.807, 2.05) is 6.92 Å². The molecule has 2 N–H and O–H groups in total. The average molecular weight is 333 g/mol. The van der Waals surface area contributed by atoms with Crippen LogP contribution in [0.4, 0.5) is 4.39 Å². The number of amides is 1. The Bertz CT molecular complexity index is 502. The highest BCUT2D eigenvalue weighted by molar-refractivity contribution is 5.85. The summed E-state index contributed by atoms with van der Waals surface area (Å²) in [4.78, 5) is 12.1. The number of nitrogens with one attached hydrogen (secondary N) is 2. The molecular weight excluding hydrogens is 311 g/mol. The van der Waals surface area contributed by atoms with Crippen molar-refractivity contribution in [2.45, 2.75) is 32.5 Å². The number of carbonyl (C=O) groups is 1. The van der Waals surface area contributed by atoms with E-state index in [0.717, 1.165) is 0 Å². The van der Waals surface area contributed by atoms with Gasteiger partial charge in [-0.15, -0.1) is 12.4 Å². The molecule has 0 saturated carbocycles. The molecule has 0 spiro atoms. The second-order valence-corrected chi connectivity index (χ2v) is 4.92. The second kappa shape index (κ2) is 8.92. The predicted molar refractivity (Wildman–Crippen MR) is 83.9 cm³/mol. The summed E-state index contributed by atoms with van der Waals surface area (Å²) in [5.74, 6) is -0.337. The Balaban J connectivity index is 0.00000242. The normalized spacial score (nSPS) is 20.9. The maximum Gasteiger partial charge on any atom is 0.240 e. The number of ether oxygens (including phenoxy) is 2. The average Bonchev–Trinajstić information content (AvgIpc) is 2.48. The van der Waals surface area contributed by atoms with Gasteiger partial charge in [0.05, 0.1) is 19.3 Å². The zero-order chi connectivity index (χ0) is 15.2. The SMILES string of the molecule is CCOc1ccc(CNC(=O)[C@H]2NCCO[C@@H]2C)cc1F.Cl. The largest absolute Gasteiger partial charge is 0.491 e. The minimum Gasteiger partial charge on any atom is -0.491 e. The third kappa shape index (κ3) is 4.83. The molecule has 2 rings (SSSR count). The van der Waals surface area contributed by atoms with Crippen LogP contribution in [-0.4, -0.2) is 37.8 Å². The van der Waals surface area contributed by atoms with Gasteiger partial charge in [0.25, 0.3) is 0 Å². The number of benzene rings is 1. The van der Waals surface area contributed by atoms with Gasteiger partial charge < -0.3 is 20.1 Å². The number of hydrogen-bond acceptors (Lipinski definition) is 4. The van der Waals surface area contributed by atoms with Gasteiger partial charge in [0.2, 0.25) is 5.91 Å². The summed E-state index contributed by atoms with van der Waals surface area (Å²) in [7, 11) is 0. The number of halogens is 2. The second-order valence-electron chi connectivity index (χ2n) is 4.92. The van der Waals surface area contributed by atoms with Gasteiger partial charge in [-0.3, -0.25) is 4.79 Å². The van der Waals surface area contributed by atoms with E-state index in [-0.39, 0.29) is 42.8 Å². The maximum absolute atomic E-state index is 13.7. The Labute approximate surface area is 136 Å². The Morgan fingerprint density at radius 3 is 2.95 bits per heavy atom. The van der Waals surface area contributed by atoms with Gasteiger partial charge in [-0.1, -0.05) is 6.07 Å². The molecule has 1 fully saturated rings. The highest BCUT2D eigenvalue weighted by Gasteiger charge is 2.27. The molecule has 124 valence electrons. The monoisotopic (exact) mass is 332 g/mol. The summed E-state index contributed by atoms with van der Waals surface area (Å²) >= 11 is 0. The molecule has 0 aromatic heterocycles. The van der Waals surface area contributed by atoms with Crippen molar-refractivity contribution in [3.63, 3.8) is 0 Å². The predicted octanol–water partition coefficient (Wildman–Crippen LogP) is 1.64. The van der Waals surface area contributed by atoms with Crippen LogP contribution < -0.4 is 15.4 Å². The van der Waals surface area contributed by atoms with Crippen molar-refractivity contribution in [2.75, 3.05) is 19.8 Å². The van der Waals surface area contributed by atoms with Crippen LogP contribution in [0.3, 0.4) is 0 Å². The summed E-state index contributed by atoms with van der Waals surface area (Å²) in [6.07, 6.45) is -0.171. The van der Waals surface area contributed by atoms with Crippen LogP contribution >= 0.6 is 12.4 Å². The van der Waals surface area contributed by atoms with E-state index in [2.05, 4.69) is 10.6 Å². The molecule has 0 radical (unpaired) electrons.